The van der Waals surface area contributed by atoms with Crippen LogP contribution in [0, 0.1) is 0 Å². The van der Waals surface area contributed by atoms with Crippen LogP contribution in [0.4, 0.5) is 0 Å². The van der Waals surface area contributed by atoms with E-state index in [1.807, 2.05) is 6.92 Å². The number of benzene rings is 1. The van der Waals surface area contributed by atoms with E-state index in [0.717, 1.165) is 0 Å². The highest BCUT2D eigenvalue weighted by Crippen LogP contribution is 2.20. The van der Waals surface area contributed by atoms with E-state index in [1.165, 1.54) is 6.92 Å². The molecule has 0 aliphatic rings. The molecule has 0 aliphatic carbocycles. The molecule has 5 nitrogen and oxygen atoms in total. The van der Waals surface area contributed by atoms with E-state index in [4.69, 9.17) is 14.6 Å². The third kappa shape index (κ3) is 3.96. The molecular weight excluding hydrogens is 224 g/mol. The molecule has 1 rings (SSSR count). The zero-order valence-electron chi connectivity index (χ0n) is 9.84. The van der Waals surface area contributed by atoms with Gasteiger partial charge in [-0.3, -0.25) is 0 Å². The average molecular weight is 240 g/mol. The Labute approximate surface area is 99.6 Å². The molecular formula is C12H16O5. The molecule has 1 aromatic carbocycles. The minimum absolute atomic E-state index is 0.322. The maximum Gasteiger partial charge on any atom is 0.339 e. The fourth-order valence-electron chi connectivity index (χ4n) is 1.11. The molecule has 0 bridgehead atoms. The van der Waals surface area contributed by atoms with Gasteiger partial charge in [-0.15, -0.1) is 0 Å². The molecule has 0 fully saturated rings. The van der Waals surface area contributed by atoms with Crippen molar-refractivity contribution in [1.82, 2.24) is 0 Å². The molecule has 0 aromatic heterocycles. The summed E-state index contributed by atoms with van der Waals surface area (Å²) in [5, 5.41) is 18.2. The van der Waals surface area contributed by atoms with E-state index >= 15 is 0 Å². The zero-order chi connectivity index (χ0) is 12.9. The Morgan fingerprint density at radius 3 is 2.47 bits per heavy atom. The number of hydrogen-bond donors (Lipinski definition) is 2. The molecule has 0 heterocycles. The predicted molar refractivity (Wildman–Crippen MR) is 61.4 cm³/mol. The van der Waals surface area contributed by atoms with E-state index in [2.05, 4.69) is 0 Å². The van der Waals surface area contributed by atoms with Crippen molar-refractivity contribution in [3.63, 3.8) is 0 Å². The number of hydrogen-bond acceptors (Lipinski definition) is 4. The molecule has 0 saturated heterocycles. The van der Waals surface area contributed by atoms with Gasteiger partial charge in [0.05, 0.1) is 6.61 Å². The van der Waals surface area contributed by atoms with Crippen molar-refractivity contribution < 1.29 is 24.5 Å². The smallest absolute Gasteiger partial charge is 0.339 e. The molecule has 5 heteroatoms. The highest BCUT2D eigenvalue weighted by Gasteiger charge is 2.30. The number of carboxylic acid groups (broad SMARTS) is 1. The van der Waals surface area contributed by atoms with Crippen LogP contribution in [-0.4, -0.2) is 35.0 Å². The Hall–Kier alpha value is -1.75. The Balaban J connectivity index is 2.63. The summed E-state index contributed by atoms with van der Waals surface area (Å²) in [7, 11) is 0. The molecule has 1 unspecified atom stereocenters. The summed E-state index contributed by atoms with van der Waals surface area (Å²) in [5.41, 5.74) is -1.90. The molecule has 2 N–H and O–H groups in total. The van der Waals surface area contributed by atoms with Crippen molar-refractivity contribution in [2.75, 3.05) is 13.2 Å². The Morgan fingerprint density at radius 2 is 1.94 bits per heavy atom. The first kappa shape index (κ1) is 13.3. The Kier molecular flexibility index (Phi) is 4.34. The molecule has 94 valence electrons. The highest BCUT2D eigenvalue weighted by molar-refractivity contribution is 5.76. The molecule has 0 aliphatic heterocycles. The third-order valence-electron chi connectivity index (χ3n) is 2.10. The van der Waals surface area contributed by atoms with Crippen molar-refractivity contribution in [1.29, 1.82) is 0 Å². The average Bonchev–Trinajstić information content (AvgIpc) is 2.27. The van der Waals surface area contributed by atoms with E-state index < -0.39 is 11.6 Å². The Morgan fingerprint density at radius 1 is 1.35 bits per heavy atom. The van der Waals surface area contributed by atoms with Crippen LogP contribution in [0.3, 0.4) is 0 Å². The monoisotopic (exact) mass is 240 g/mol. The van der Waals surface area contributed by atoms with Gasteiger partial charge in [0.25, 0.3) is 0 Å². The standard InChI is InChI=1S/C12H16O5/c1-3-16-9-5-4-6-10(7-9)17-8-12(2,15)11(13)14/h4-7,15H,3,8H2,1-2H3,(H,13,14). The highest BCUT2D eigenvalue weighted by atomic mass is 16.5. The predicted octanol–water partition coefficient (Wildman–Crippen LogP) is 1.30. The van der Waals surface area contributed by atoms with Crippen LogP contribution in [0.1, 0.15) is 13.8 Å². The topological polar surface area (TPSA) is 76.0 Å². The maximum atomic E-state index is 10.7. The first-order chi connectivity index (χ1) is 7.95. The molecule has 17 heavy (non-hydrogen) atoms. The largest absolute Gasteiger partial charge is 0.494 e. The summed E-state index contributed by atoms with van der Waals surface area (Å²) in [6.07, 6.45) is 0. The quantitative estimate of drug-likeness (QED) is 0.783. The maximum absolute atomic E-state index is 10.7. The minimum Gasteiger partial charge on any atom is -0.494 e. The number of rotatable bonds is 6. The van der Waals surface area contributed by atoms with Gasteiger partial charge < -0.3 is 19.7 Å². The first-order valence-electron chi connectivity index (χ1n) is 5.27. The summed E-state index contributed by atoms with van der Waals surface area (Å²) in [4.78, 5) is 10.7. The first-order valence-corrected chi connectivity index (χ1v) is 5.27. The number of carbonyl (C=O) groups is 1. The zero-order valence-corrected chi connectivity index (χ0v) is 9.84. The number of aliphatic carboxylic acids is 1. The van der Waals surface area contributed by atoms with Gasteiger partial charge in [-0.2, -0.15) is 0 Å². The van der Waals surface area contributed by atoms with E-state index in [-0.39, 0.29) is 6.61 Å². The van der Waals surface area contributed by atoms with Gasteiger partial charge in [0.15, 0.2) is 5.60 Å². The molecule has 1 aromatic rings. The van der Waals surface area contributed by atoms with Crippen molar-refractivity contribution in [2.24, 2.45) is 0 Å². The lowest BCUT2D eigenvalue weighted by Gasteiger charge is -2.18. The second-order valence-corrected chi connectivity index (χ2v) is 3.78. The summed E-state index contributed by atoms with van der Waals surface area (Å²) >= 11 is 0. The van der Waals surface area contributed by atoms with E-state index in [0.29, 0.717) is 18.1 Å². The molecule has 1 atom stereocenters. The fraction of sp³-hybridized carbons (Fsp3) is 0.417. The summed E-state index contributed by atoms with van der Waals surface area (Å²) in [6, 6.07) is 6.81. The van der Waals surface area contributed by atoms with Gasteiger partial charge in [0.1, 0.15) is 18.1 Å². The second kappa shape index (κ2) is 5.54. The summed E-state index contributed by atoms with van der Waals surface area (Å²) < 4.78 is 10.5. The number of carboxylic acids is 1. The van der Waals surface area contributed by atoms with Crippen molar-refractivity contribution in [3.05, 3.63) is 24.3 Å². The van der Waals surface area contributed by atoms with Crippen LogP contribution in [0.15, 0.2) is 24.3 Å². The van der Waals surface area contributed by atoms with Gasteiger partial charge in [-0.1, -0.05) is 6.07 Å². The van der Waals surface area contributed by atoms with Crippen LogP contribution >= 0.6 is 0 Å². The van der Waals surface area contributed by atoms with Gasteiger partial charge >= 0.3 is 5.97 Å². The molecule has 0 saturated carbocycles. The number of ether oxygens (including phenoxy) is 2. The molecule has 0 spiro atoms. The fourth-order valence-corrected chi connectivity index (χ4v) is 1.11. The second-order valence-electron chi connectivity index (χ2n) is 3.78. The van der Waals surface area contributed by atoms with Gasteiger partial charge in [-0.25, -0.2) is 4.79 Å². The van der Waals surface area contributed by atoms with E-state index in [9.17, 15) is 9.90 Å². The van der Waals surface area contributed by atoms with Gasteiger partial charge in [0.2, 0.25) is 0 Å². The van der Waals surface area contributed by atoms with Crippen LogP contribution < -0.4 is 9.47 Å². The minimum atomic E-state index is -1.90. The summed E-state index contributed by atoms with van der Waals surface area (Å²) in [5.74, 6) is -0.226. The third-order valence-corrected chi connectivity index (χ3v) is 2.10. The van der Waals surface area contributed by atoms with Crippen molar-refractivity contribution >= 4 is 5.97 Å². The molecule has 0 amide bonds. The summed E-state index contributed by atoms with van der Waals surface area (Å²) in [6.45, 7) is 3.26. The van der Waals surface area contributed by atoms with Crippen molar-refractivity contribution in [2.45, 2.75) is 19.4 Å². The van der Waals surface area contributed by atoms with Crippen LogP contribution in [0.2, 0.25) is 0 Å². The Bertz CT molecular complexity index is 386. The SMILES string of the molecule is CCOc1cccc(OCC(C)(O)C(=O)O)c1. The van der Waals surface area contributed by atoms with Gasteiger partial charge in [-0.05, 0) is 26.0 Å². The van der Waals surface area contributed by atoms with Crippen LogP contribution in [0.25, 0.3) is 0 Å². The van der Waals surface area contributed by atoms with Crippen molar-refractivity contribution in [3.8, 4) is 11.5 Å². The lowest BCUT2D eigenvalue weighted by Crippen LogP contribution is -2.41. The number of aliphatic hydroxyl groups is 1. The molecule has 0 radical (unpaired) electrons. The van der Waals surface area contributed by atoms with Gasteiger partial charge in [0, 0.05) is 6.07 Å². The van der Waals surface area contributed by atoms with Crippen LogP contribution in [0.5, 0.6) is 11.5 Å². The lowest BCUT2D eigenvalue weighted by molar-refractivity contribution is -0.159. The normalized spacial score (nSPS) is 13.8. The van der Waals surface area contributed by atoms with Crippen LogP contribution in [-0.2, 0) is 4.79 Å². The lowest BCUT2D eigenvalue weighted by atomic mass is 10.1. The van der Waals surface area contributed by atoms with E-state index in [1.54, 1.807) is 24.3 Å².